The Kier molecular flexibility index (Phi) is 5.52. The summed E-state index contributed by atoms with van der Waals surface area (Å²) in [4.78, 5) is 2.57. The molecule has 3 rings (SSSR count). The molecule has 0 amide bonds. The van der Waals surface area contributed by atoms with Crippen molar-refractivity contribution in [2.75, 3.05) is 13.1 Å². The summed E-state index contributed by atoms with van der Waals surface area (Å²) in [5.74, 6) is 0.271. The highest BCUT2D eigenvalue weighted by Crippen LogP contribution is 2.30. The van der Waals surface area contributed by atoms with Crippen molar-refractivity contribution in [3.8, 4) is 5.75 Å². The SMILES string of the molecule is CCCN(CCc1ccc(F)cc1)[C@H]1CCc2c(O)cccc2C1. The minimum absolute atomic E-state index is 0.173. The smallest absolute Gasteiger partial charge is 0.123 e. The Morgan fingerprint density at radius 3 is 2.67 bits per heavy atom. The van der Waals surface area contributed by atoms with Crippen LogP contribution in [-0.4, -0.2) is 29.1 Å². The van der Waals surface area contributed by atoms with E-state index in [2.05, 4.69) is 17.9 Å². The summed E-state index contributed by atoms with van der Waals surface area (Å²) < 4.78 is 13.0. The number of halogens is 1. The van der Waals surface area contributed by atoms with Crippen LogP contribution >= 0.6 is 0 Å². The van der Waals surface area contributed by atoms with Crippen LogP contribution in [0.25, 0.3) is 0 Å². The Labute approximate surface area is 143 Å². The third-order valence-electron chi connectivity index (χ3n) is 5.06. The van der Waals surface area contributed by atoms with E-state index in [-0.39, 0.29) is 5.82 Å². The van der Waals surface area contributed by atoms with Gasteiger partial charge in [-0.2, -0.15) is 0 Å². The minimum Gasteiger partial charge on any atom is -0.508 e. The molecule has 0 aliphatic heterocycles. The molecule has 0 bridgehead atoms. The van der Waals surface area contributed by atoms with Gasteiger partial charge < -0.3 is 5.11 Å². The molecular formula is C21H26FNO. The highest BCUT2D eigenvalue weighted by molar-refractivity contribution is 5.41. The van der Waals surface area contributed by atoms with E-state index in [0.717, 1.165) is 50.8 Å². The third kappa shape index (κ3) is 3.96. The molecule has 1 aliphatic rings. The van der Waals surface area contributed by atoms with E-state index >= 15 is 0 Å². The number of benzene rings is 2. The maximum atomic E-state index is 13.0. The number of phenolic OH excluding ortho intramolecular Hbond substituents is 1. The number of nitrogens with zero attached hydrogens (tertiary/aromatic N) is 1. The Morgan fingerprint density at radius 1 is 1.12 bits per heavy atom. The predicted molar refractivity (Wildman–Crippen MR) is 95.9 cm³/mol. The van der Waals surface area contributed by atoms with Gasteiger partial charge in [0.1, 0.15) is 11.6 Å². The average molecular weight is 327 g/mol. The molecule has 3 heteroatoms. The molecule has 2 aromatic carbocycles. The fourth-order valence-corrected chi connectivity index (χ4v) is 3.77. The zero-order valence-corrected chi connectivity index (χ0v) is 14.3. The maximum Gasteiger partial charge on any atom is 0.123 e. The second-order valence-corrected chi connectivity index (χ2v) is 6.72. The first kappa shape index (κ1) is 17.0. The average Bonchev–Trinajstić information content (AvgIpc) is 2.60. The van der Waals surface area contributed by atoms with Crippen molar-refractivity contribution < 1.29 is 9.50 Å². The van der Waals surface area contributed by atoms with Crippen molar-refractivity contribution in [1.29, 1.82) is 0 Å². The first-order chi connectivity index (χ1) is 11.7. The summed E-state index contributed by atoms with van der Waals surface area (Å²) in [6.07, 6.45) is 5.13. The molecule has 0 aromatic heterocycles. The summed E-state index contributed by atoms with van der Waals surface area (Å²) >= 11 is 0. The van der Waals surface area contributed by atoms with Gasteiger partial charge in [0, 0.05) is 12.6 Å². The lowest BCUT2D eigenvalue weighted by molar-refractivity contribution is 0.181. The number of hydrogen-bond donors (Lipinski definition) is 1. The van der Waals surface area contributed by atoms with E-state index in [1.807, 2.05) is 18.2 Å². The van der Waals surface area contributed by atoms with Crippen LogP contribution in [0, 0.1) is 5.82 Å². The van der Waals surface area contributed by atoms with Crippen molar-refractivity contribution in [1.82, 2.24) is 4.90 Å². The topological polar surface area (TPSA) is 23.5 Å². The lowest BCUT2D eigenvalue weighted by Crippen LogP contribution is -2.41. The van der Waals surface area contributed by atoms with Gasteiger partial charge in [-0.1, -0.05) is 31.2 Å². The van der Waals surface area contributed by atoms with Gasteiger partial charge >= 0.3 is 0 Å². The summed E-state index contributed by atoms with van der Waals surface area (Å²) in [6, 6.07) is 13.3. The Balaban J connectivity index is 1.66. The zero-order valence-electron chi connectivity index (χ0n) is 14.3. The van der Waals surface area contributed by atoms with Gasteiger partial charge in [0.25, 0.3) is 0 Å². The van der Waals surface area contributed by atoms with Crippen LogP contribution < -0.4 is 0 Å². The van der Waals surface area contributed by atoms with Gasteiger partial charge in [0.2, 0.25) is 0 Å². The summed E-state index contributed by atoms with van der Waals surface area (Å²) in [5, 5.41) is 10.0. The van der Waals surface area contributed by atoms with E-state index < -0.39 is 0 Å². The van der Waals surface area contributed by atoms with Crippen LogP contribution in [0.2, 0.25) is 0 Å². The molecule has 0 unspecified atom stereocenters. The molecule has 1 aliphatic carbocycles. The molecule has 0 saturated carbocycles. The lowest BCUT2D eigenvalue weighted by Gasteiger charge is -2.35. The number of fused-ring (bicyclic) bond motifs is 1. The Hall–Kier alpha value is -1.87. The first-order valence-corrected chi connectivity index (χ1v) is 8.95. The monoisotopic (exact) mass is 327 g/mol. The first-order valence-electron chi connectivity index (χ1n) is 8.95. The molecule has 24 heavy (non-hydrogen) atoms. The maximum absolute atomic E-state index is 13.0. The number of rotatable bonds is 6. The third-order valence-corrected chi connectivity index (χ3v) is 5.06. The fraction of sp³-hybridized carbons (Fsp3) is 0.429. The van der Waals surface area contributed by atoms with Gasteiger partial charge in [0.15, 0.2) is 0 Å². The van der Waals surface area contributed by atoms with Crippen molar-refractivity contribution in [2.45, 2.75) is 45.1 Å². The van der Waals surface area contributed by atoms with E-state index in [1.165, 1.54) is 11.1 Å². The molecule has 2 aromatic rings. The van der Waals surface area contributed by atoms with Crippen LogP contribution in [-0.2, 0) is 19.3 Å². The molecule has 1 N–H and O–H groups in total. The Morgan fingerprint density at radius 2 is 1.92 bits per heavy atom. The highest BCUT2D eigenvalue weighted by Gasteiger charge is 2.25. The van der Waals surface area contributed by atoms with E-state index in [0.29, 0.717) is 11.8 Å². The molecule has 1 atom stereocenters. The molecular weight excluding hydrogens is 301 g/mol. The molecule has 0 saturated heterocycles. The van der Waals surface area contributed by atoms with E-state index in [1.54, 1.807) is 18.2 Å². The summed E-state index contributed by atoms with van der Waals surface area (Å²) in [7, 11) is 0. The second kappa shape index (κ2) is 7.80. The summed E-state index contributed by atoms with van der Waals surface area (Å²) in [6.45, 7) is 4.30. The van der Waals surface area contributed by atoms with Crippen molar-refractivity contribution >= 4 is 0 Å². The molecule has 0 radical (unpaired) electrons. The van der Waals surface area contributed by atoms with Crippen LogP contribution in [0.5, 0.6) is 5.75 Å². The van der Waals surface area contributed by atoms with Crippen molar-refractivity contribution in [2.24, 2.45) is 0 Å². The molecule has 128 valence electrons. The second-order valence-electron chi connectivity index (χ2n) is 6.72. The highest BCUT2D eigenvalue weighted by atomic mass is 19.1. The molecule has 0 heterocycles. The van der Waals surface area contributed by atoms with Gasteiger partial charge in [0.05, 0.1) is 0 Å². The van der Waals surface area contributed by atoms with Gasteiger partial charge in [-0.05, 0) is 73.5 Å². The van der Waals surface area contributed by atoms with Crippen LogP contribution in [0.15, 0.2) is 42.5 Å². The number of phenols is 1. The van der Waals surface area contributed by atoms with E-state index in [4.69, 9.17) is 0 Å². The Bertz CT molecular complexity index is 668. The molecule has 0 fully saturated rings. The molecule has 2 nitrogen and oxygen atoms in total. The van der Waals surface area contributed by atoms with E-state index in [9.17, 15) is 9.50 Å². The normalized spacial score (nSPS) is 17.0. The number of aromatic hydroxyl groups is 1. The van der Waals surface area contributed by atoms with Gasteiger partial charge in [-0.25, -0.2) is 4.39 Å². The predicted octanol–water partition coefficient (Wildman–Crippen LogP) is 4.34. The van der Waals surface area contributed by atoms with Crippen LogP contribution in [0.4, 0.5) is 4.39 Å². The number of hydrogen-bond acceptors (Lipinski definition) is 2. The fourth-order valence-electron chi connectivity index (χ4n) is 3.77. The minimum atomic E-state index is -0.173. The van der Waals surface area contributed by atoms with Gasteiger partial charge in [-0.3, -0.25) is 4.90 Å². The van der Waals surface area contributed by atoms with Crippen molar-refractivity contribution in [3.63, 3.8) is 0 Å². The molecule has 0 spiro atoms. The van der Waals surface area contributed by atoms with Crippen molar-refractivity contribution in [3.05, 3.63) is 65.0 Å². The standard InChI is InChI=1S/C21H26FNO/c1-2-13-23(14-12-16-6-8-18(22)9-7-16)19-10-11-20-17(15-19)4-3-5-21(20)24/h3-9,19,24H,2,10-15H2,1H3/t19-/m0/s1. The largest absolute Gasteiger partial charge is 0.508 e. The van der Waals surface area contributed by atoms with Gasteiger partial charge in [-0.15, -0.1) is 0 Å². The lowest BCUT2D eigenvalue weighted by atomic mass is 9.86. The quantitative estimate of drug-likeness (QED) is 0.853. The van der Waals surface area contributed by atoms with Crippen LogP contribution in [0.1, 0.15) is 36.5 Å². The zero-order chi connectivity index (χ0) is 16.9. The van der Waals surface area contributed by atoms with Crippen LogP contribution in [0.3, 0.4) is 0 Å². The summed E-state index contributed by atoms with van der Waals surface area (Å²) in [5.41, 5.74) is 3.60.